The van der Waals surface area contributed by atoms with E-state index in [1.165, 1.54) is 11.6 Å². The lowest BCUT2D eigenvalue weighted by Crippen LogP contribution is -2.24. The molecule has 0 bridgehead atoms. The number of pyridine rings is 1. The van der Waals surface area contributed by atoms with E-state index < -0.39 is 0 Å². The molecule has 0 spiro atoms. The summed E-state index contributed by atoms with van der Waals surface area (Å²) in [5.41, 5.74) is 2.71. The van der Waals surface area contributed by atoms with Crippen LogP contribution in [0.2, 0.25) is 5.02 Å². The molecule has 6 heteroatoms. The van der Waals surface area contributed by atoms with Crippen LogP contribution in [0.5, 0.6) is 5.88 Å². The van der Waals surface area contributed by atoms with Gasteiger partial charge in [-0.2, -0.15) is 0 Å². The molecule has 2 aromatic rings. The normalized spacial score (nSPS) is 13.2. The highest BCUT2D eigenvalue weighted by molar-refractivity contribution is 6.30. The third-order valence-electron chi connectivity index (χ3n) is 3.30. The Bertz CT molecular complexity index is 637. The quantitative estimate of drug-likeness (QED) is 0.936. The van der Waals surface area contributed by atoms with Gasteiger partial charge in [-0.05, 0) is 30.7 Å². The maximum atomic E-state index is 13.6. The van der Waals surface area contributed by atoms with Gasteiger partial charge in [0.05, 0.1) is 5.69 Å². The molecule has 0 atom stereocenters. The molecule has 1 aromatic carbocycles. The second-order valence-corrected chi connectivity index (χ2v) is 5.14. The molecular formula is C15H15Cl2FN2O. The maximum Gasteiger partial charge on any atom is 0.213 e. The van der Waals surface area contributed by atoms with Crippen molar-refractivity contribution in [3.8, 4) is 5.88 Å². The first kappa shape index (κ1) is 16.0. The number of halogens is 3. The van der Waals surface area contributed by atoms with E-state index in [1.54, 1.807) is 12.1 Å². The molecule has 112 valence electrons. The minimum absolute atomic E-state index is 0. The van der Waals surface area contributed by atoms with Crippen LogP contribution in [-0.4, -0.2) is 11.5 Å². The molecule has 1 aliphatic rings. The molecule has 3 rings (SSSR count). The Morgan fingerprint density at radius 2 is 2.14 bits per heavy atom. The smallest absolute Gasteiger partial charge is 0.213 e. The largest absolute Gasteiger partial charge is 0.473 e. The van der Waals surface area contributed by atoms with Crippen molar-refractivity contribution in [3.05, 3.63) is 58.0 Å². The van der Waals surface area contributed by atoms with Crippen LogP contribution in [0.3, 0.4) is 0 Å². The summed E-state index contributed by atoms with van der Waals surface area (Å²) in [5, 5.41) is 3.64. The van der Waals surface area contributed by atoms with Crippen LogP contribution in [0.4, 0.5) is 4.39 Å². The van der Waals surface area contributed by atoms with Crippen LogP contribution in [0.1, 0.15) is 16.8 Å². The summed E-state index contributed by atoms with van der Waals surface area (Å²) in [6.45, 7) is 1.87. The number of nitrogens with zero attached hydrogens (tertiary/aromatic N) is 1. The van der Waals surface area contributed by atoms with Crippen molar-refractivity contribution in [1.82, 2.24) is 10.3 Å². The second-order valence-electron chi connectivity index (χ2n) is 4.71. The first-order valence-corrected chi connectivity index (χ1v) is 6.86. The van der Waals surface area contributed by atoms with Crippen LogP contribution in [0.25, 0.3) is 0 Å². The van der Waals surface area contributed by atoms with E-state index in [0.29, 0.717) is 16.5 Å². The van der Waals surface area contributed by atoms with E-state index in [-0.39, 0.29) is 24.8 Å². The minimum atomic E-state index is -0.364. The number of aromatic nitrogens is 1. The number of fused-ring (bicyclic) bond motifs is 1. The maximum absolute atomic E-state index is 13.6. The Kier molecular flexibility index (Phi) is 5.39. The van der Waals surface area contributed by atoms with Gasteiger partial charge in [0.1, 0.15) is 12.4 Å². The molecule has 0 saturated heterocycles. The fourth-order valence-electron chi connectivity index (χ4n) is 2.19. The van der Waals surface area contributed by atoms with Crippen LogP contribution in [0, 0.1) is 5.82 Å². The fourth-order valence-corrected chi connectivity index (χ4v) is 2.35. The van der Waals surface area contributed by atoms with Gasteiger partial charge in [-0.15, -0.1) is 12.4 Å². The molecule has 0 radical (unpaired) electrons. The van der Waals surface area contributed by atoms with Gasteiger partial charge < -0.3 is 10.1 Å². The SMILES string of the molecule is Cl.Fc1cc(Cl)ccc1COc1ccc2c(n1)CNCC2. The van der Waals surface area contributed by atoms with E-state index in [0.717, 1.165) is 25.2 Å². The zero-order valence-electron chi connectivity index (χ0n) is 11.2. The van der Waals surface area contributed by atoms with Gasteiger partial charge in [0.15, 0.2) is 0 Å². The van der Waals surface area contributed by atoms with Crippen LogP contribution in [0.15, 0.2) is 30.3 Å². The highest BCUT2D eigenvalue weighted by atomic mass is 35.5. The van der Waals surface area contributed by atoms with Crippen LogP contribution >= 0.6 is 24.0 Å². The van der Waals surface area contributed by atoms with Gasteiger partial charge in [-0.3, -0.25) is 0 Å². The molecule has 1 N–H and O–H groups in total. The summed E-state index contributed by atoms with van der Waals surface area (Å²) in [5.74, 6) is 0.152. The molecule has 0 aliphatic carbocycles. The molecule has 2 heterocycles. The van der Waals surface area contributed by atoms with E-state index in [4.69, 9.17) is 16.3 Å². The monoisotopic (exact) mass is 328 g/mol. The third-order valence-corrected chi connectivity index (χ3v) is 3.53. The standard InChI is InChI=1S/C15H14ClFN2O.ClH/c16-12-3-1-11(13(17)7-12)9-20-15-4-2-10-5-6-18-8-14(10)19-15;/h1-4,7,18H,5-6,8-9H2;1H. The van der Waals surface area contributed by atoms with Crippen molar-refractivity contribution in [3.63, 3.8) is 0 Å². The number of ether oxygens (including phenoxy) is 1. The van der Waals surface area contributed by atoms with Gasteiger partial charge in [-0.1, -0.05) is 23.7 Å². The average molecular weight is 329 g/mol. The summed E-state index contributed by atoms with van der Waals surface area (Å²) in [6.07, 6.45) is 0.981. The van der Waals surface area contributed by atoms with E-state index in [2.05, 4.69) is 10.3 Å². The van der Waals surface area contributed by atoms with Crippen molar-refractivity contribution in [2.24, 2.45) is 0 Å². The molecule has 3 nitrogen and oxygen atoms in total. The Balaban J connectivity index is 0.00000161. The van der Waals surface area contributed by atoms with E-state index in [9.17, 15) is 4.39 Å². The Hall–Kier alpha value is -1.36. The van der Waals surface area contributed by atoms with Crippen molar-refractivity contribution >= 4 is 24.0 Å². The average Bonchev–Trinajstić information content (AvgIpc) is 2.46. The summed E-state index contributed by atoms with van der Waals surface area (Å²) >= 11 is 5.71. The predicted molar refractivity (Wildman–Crippen MR) is 82.6 cm³/mol. The summed E-state index contributed by atoms with van der Waals surface area (Å²) in [6, 6.07) is 8.41. The number of hydrogen-bond donors (Lipinski definition) is 1. The van der Waals surface area contributed by atoms with Gasteiger partial charge >= 0.3 is 0 Å². The molecule has 0 fully saturated rings. The first-order chi connectivity index (χ1) is 9.72. The van der Waals surface area contributed by atoms with Gasteiger partial charge in [0.2, 0.25) is 5.88 Å². The molecule has 0 unspecified atom stereocenters. The molecule has 21 heavy (non-hydrogen) atoms. The minimum Gasteiger partial charge on any atom is -0.473 e. The Morgan fingerprint density at radius 1 is 1.29 bits per heavy atom. The molecule has 0 amide bonds. The number of nitrogens with one attached hydrogen (secondary N) is 1. The molecular weight excluding hydrogens is 314 g/mol. The lowest BCUT2D eigenvalue weighted by atomic mass is 10.1. The number of benzene rings is 1. The Morgan fingerprint density at radius 3 is 2.95 bits per heavy atom. The van der Waals surface area contributed by atoms with Gasteiger partial charge in [0.25, 0.3) is 0 Å². The van der Waals surface area contributed by atoms with Crippen molar-refractivity contribution < 1.29 is 9.13 Å². The summed E-state index contributed by atoms with van der Waals surface area (Å²) in [7, 11) is 0. The third kappa shape index (κ3) is 3.84. The topological polar surface area (TPSA) is 34.1 Å². The van der Waals surface area contributed by atoms with Crippen molar-refractivity contribution in [1.29, 1.82) is 0 Å². The van der Waals surface area contributed by atoms with Crippen LogP contribution < -0.4 is 10.1 Å². The Labute approximate surface area is 133 Å². The highest BCUT2D eigenvalue weighted by Gasteiger charge is 2.11. The zero-order valence-corrected chi connectivity index (χ0v) is 12.8. The highest BCUT2D eigenvalue weighted by Crippen LogP contribution is 2.19. The summed E-state index contributed by atoms with van der Waals surface area (Å²) in [4.78, 5) is 4.44. The van der Waals surface area contributed by atoms with E-state index >= 15 is 0 Å². The fraction of sp³-hybridized carbons (Fsp3) is 0.267. The van der Waals surface area contributed by atoms with Gasteiger partial charge in [-0.25, -0.2) is 9.37 Å². The lowest BCUT2D eigenvalue weighted by molar-refractivity contribution is 0.286. The lowest BCUT2D eigenvalue weighted by Gasteiger charge is -2.16. The van der Waals surface area contributed by atoms with Crippen LogP contribution in [-0.2, 0) is 19.6 Å². The molecule has 1 aromatic heterocycles. The second kappa shape index (κ2) is 7.07. The first-order valence-electron chi connectivity index (χ1n) is 6.48. The number of rotatable bonds is 3. The zero-order chi connectivity index (χ0) is 13.9. The molecule has 0 saturated carbocycles. The predicted octanol–water partition coefficient (Wildman–Crippen LogP) is 3.52. The van der Waals surface area contributed by atoms with E-state index in [1.807, 2.05) is 12.1 Å². The van der Waals surface area contributed by atoms with Crippen molar-refractivity contribution in [2.45, 2.75) is 19.6 Å². The number of hydrogen-bond acceptors (Lipinski definition) is 3. The molecule has 1 aliphatic heterocycles. The van der Waals surface area contributed by atoms with Gasteiger partial charge in [0, 0.05) is 23.2 Å². The van der Waals surface area contributed by atoms with Crippen molar-refractivity contribution in [2.75, 3.05) is 6.54 Å². The summed E-state index contributed by atoms with van der Waals surface area (Å²) < 4.78 is 19.2.